The minimum absolute atomic E-state index is 0.763. The zero-order valence-corrected chi connectivity index (χ0v) is 14.5. The van der Waals surface area contributed by atoms with Gasteiger partial charge in [-0.05, 0) is 36.3 Å². The van der Waals surface area contributed by atoms with Gasteiger partial charge in [0.1, 0.15) is 0 Å². The summed E-state index contributed by atoms with van der Waals surface area (Å²) in [4.78, 5) is 5.36. The van der Waals surface area contributed by atoms with Crippen LogP contribution in [0.15, 0.2) is 24.4 Å². The molecule has 2 aromatic rings. The highest BCUT2D eigenvalue weighted by Crippen LogP contribution is 2.40. The molecule has 1 aliphatic heterocycles. The second kappa shape index (κ2) is 5.93. The molecule has 1 saturated heterocycles. The standard InChI is InChI=1S/C19H26N2S/c1-3-7-21-11-13(12-22-2)8-16-15-5-4-6-17-19(15)14(10-20-17)9-18(16)21/h4-6,10,13,16,18,20H,3,7-9,11-12H2,1-2H3/p+1/t13-,16-,18-/m0/s1. The summed E-state index contributed by atoms with van der Waals surface area (Å²) in [5, 5.41) is 1.55. The lowest BCUT2D eigenvalue weighted by atomic mass is 9.72. The van der Waals surface area contributed by atoms with Crippen LogP contribution in [-0.2, 0) is 6.42 Å². The van der Waals surface area contributed by atoms with Crippen molar-refractivity contribution >= 4 is 22.7 Å². The molecule has 4 atom stereocenters. The molecule has 1 aliphatic carbocycles. The lowest BCUT2D eigenvalue weighted by Gasteiger charge is -2.44. The molecule has 3 heteroatoms. The molecule has 0 bridgehead atoms. The number of nitrogens with one attached hydrogen (secondary N) is 2. The number of rotatable bonds is 4. The maximum atomic E-state index is 3.50. The summed E-state index contributed by atoms with van der Waals surface area (Å²) < 4.78 is 0. The van der Waals surface area contributed by atoms with Gasteiger partial charge >= 0.3 is 0 Å². The van der Waals surface area contributed by atoms with Gasteiger partial charge in [-0.25, -0.2) is 0 Å². The first kappa shape index (κ1) is 14.6. The maximum Gasteiger partial charge on any atom is 0.0986 e. The van der Waals surface area contributed by atoms with Crippen LogP contribution in [0.25, 0.3) is 10.9 Å². The average molecular weight is 316 g/mol. The van der Waals surface area contributed by atoms with E-state index >= 15 is 0 Å². The van der Waals surface area contributed by atoms with Crippen LogP contribution < -0.4 is 4.90 Å². The Bertz CT molecular complexity index is 662. The number of hydrogen-bond acceptors (Lipinski definition) is 1. The molecule has 118 valence electrons. The fourth-order valence-electron chi connectivity index (χ4n) is 5.01. The Kier molecular flexibility index (Phi) is 3.95. The number of benzene rings is 1. The first-order valence-corrected chi connectivity index (χ1v) is 10.1. The molecule has 1 unspecified atom stereocenters. The van der Waals surface area contributed by atoms with Crippen LogP contribution in [-0.4, -0.2) is 36.1 Å². The largest absolute Gasteiger partial charge is 0.361 e. The second-order valence-electron chi connectivity index (χ2n) is 7.17. The van der Waals surface area contributed by atoms with Crippen LogP contribution in [0.5, 0.6) is 0 Å². The van der Waals surface area contributed by atoms with Gasteiger partial charge in [0.2, 0.25) is 0 Å². The van der Waals surface area contributed by atoms with Crippen molar-refractivity contribution in [1.82, 2.24) is 4.98 Å². The second-order valence-corrected chi connectivity index (χ2v) is 8.08. The number of aromatic amines is 1. The third-order valence-electron chi connectivity index (χ3n) is 5.78. The van der Waals surface area contributed by atoms with E-state index in [4.69, 9.17) is 0 Å². The maximum absolute atomic E-state index is 3.50. The number of thioether (sulfide) groups is 1. The van der Waals surface area contributed by atoms with Gasteiger partial charge in [0.05, 0.1) is 19.1 Å². The number of hydrogen-bond donors (Lipinski definition) is 2. The van der Waals surface area contributed by atoms with Gasteiger partial charge in [-0.3, -0.25) is 0 Å². The van der Waals surface area contributed by atoms with Crippen molar-refractivity contribution in [2.75, 3.05) is 25.1 Å². The predicted molar refractivity (Wildman–Crippen MR) is 96.0 cm³/mol. The number of piperidine rings is 1. The first-order valence-electron chi connectivity index (χ1n) is 8.74. The Hall–Kier alpha value is -0.930. The molecule has 0 radical (unpaired) electrons. The van der Waals surface area contributed by atoms with Crippen LogP contribution in [0.1, 0.15) is 36.8 Å². The van der Waals surface area contributed by atoms with Crippen LogP contribution in [0.3, 0.4) is 0 Å². The van der Waals surface area contributed by atoms with Crippen molar-refractivity contribution in [1.29, 1.82) is 0 Å². The minimum Gasteiger partial charge on any atom is -0.361 e. The molecule has 1 fully saturated rings. The summed E-state index contributed by atoms with van der Waals surface area (Å²) in [5.74, 6) is 2.97. The Labute approximate surface area is 137 Å². The smallest absolute Gasteiger partial charge is 0.0986 e. The normalized spacial score (nSPS) is 30.5. The third kappa shape index (κ3) is 2.30. The van der Waals surface area contributed by atoms with E-state index < -0.39 is 0 Å². The fraction of sp³-hybridized carbons (Fsp3) is 0.579. The van der Waals surface area contributed by atoms with Gasteiger partial charge in [-0.15, -0.1) is 0 Å². The molecule has 0 spiro atoms. The number of aromatic nitrogens is 1. The van der Waals surface area contributed by atoms with Gasteiger partial charge in [0.25, 0.3) is 0 Å². The summed E-state index contributed by atoms with van der Waals surface area (Å²) in [5.41, 5.74) is 4.53. The zero-order chi connectivity index (χ0) is 15.1. The molecule has 0 saturated carbocycles. The quantitative estimate of drug-likeness (QED) is 0.889. The number of quaternary nitrogens is 1. The topological polar surface area (TPSA) is 20.2 Å². The summed E-state index contributed by atoms with van der Waals surface area (Å²) in [7, 11) is 0. The van der Waals surface area contributed by atoms with E-state index in [1.165, 1.54) is 43.6 Å². The first-order chi connectivity index (χ1) is 10.8. The molecule has 2 aliphatic rings. The highest BCUT2D eigenvalue weighted by molar-refractivity contribution is 7.98. The average Bonchev–Trinajstić information content (AvgIpc) is 2.94. The summed E-state index contributed by atoms with van der Waals surface area (Å²) in [6.45, 7) is 5.05. The Morgan fingerprint density at radius 3 is 3.09 bits per heavy atom. The predicted octanol–water partition coefficient (Wildman–Crippen LogP) is 2.85. The van der Waals surface area contributed by atoms with Crippen molar-refractivity contribution in [3.05, 3.63) is 35.5 Å². The minimum atomic E-state index is 0.763. The molecule has 2 nitrogen and oxygen atoms in total. The summed E-state index contributed by atoms with van der Waals surface area (Å²) in [6, 6.07) is 7.69. The van der Waals surface area contributed by atoms with E-state index in [0.29, 0.717) is 0 Å². The SMILES string of the molecule is CCC[NH+]1C[C@@H](CSC)C[C@H]2c3cccc4[nH]cc(c34)C[C@@H]21. The van der Waals surface area contributed by atoms with Crippen LogP contribution >= 0.6 is 11.8 Å². The van der Waals surface area contributed by atoms with Crippen molar-refractivity contribution in [2.45, 2.75) is 38.1 Å². The lowest BCUT2D eigenvalue weighted by Crippen LogP contribution is -3.18. The number of fused-ring (bicyclic) bond motifs is 2. The van der Waals surface area contributed by atoms with Crippen LogP contribution in [0.4, 0.5) is 0 Å². The third-order valence-corrected chi connectivity index (χ3v) is 6.59. The van der Waals surface area contributed by atoms with Crippen LogP contribution in [0, 0.1) is 5.92 Å². The van der Waals surface area contributed by atoms with E-state index in [1.807, 2.05) is 16.7 Å². The van der Waals surface area contributed by atoms with E-state index in [2.05, 4.69) is 42.6 Å². The fourth-order valence-corrected chi connectivity index (χ4v) is 5.73. The van der Waals surface area contributed by atoms with Crippen LogP contribution in [0.2, 0.25) is 0 Å². The van der Waals surface area contributed by atoms with Gasteiger partial charge in [0.15, 0.2) is 0 Å². The highest BCUT2D eigenvalue weighted by Gasteiger charge is 2.43. The van der Waals surface area contributed by atoms with Crippen molar-refractivity contribution in [3.8, 4) is 0 Å². The lowest BCUT2D eigenvalue weighted by molar-refractivity contribution is -0.935. The molecule has 0 amide bonds. The Morgan fingerprint density at radius 2 is 2.27 bits per heavy atom. The molecular weight excluding hydrogens is 288 g/mol. The van der Waals surface area contributed by atoms with Gasteiger partial charge in [0, 0.05) is 41.1 Å². The van der Waals surface area contributed by atoms with Crippen molar-refractivity contribution < 1.29 is 4.90 Å². The zero-order valence-electron chi connectivity index (χ0n) is 13.7. The molecule has 2 N–H and O–H groups in total. The van der Waals surface area contributed by atoms with E-state index in [9.17, 15) is 0 Å². The molecule has 22 heavy (non-hydrogen) atoms. The Balaban J connectivity index is 1.75. The highest BCUT2D eigenvalue weighted by atomic mass is 32.2. The molecule has 2 heterocycles. The molecule has 1 aromatic carbocycles. The van der Waals surface area contributed by atoms with Crippen molar-refractivity contribution in [3.63, 3.8) is 0 Å². The van der Waals surface area contributed by atoms with E-state index in [0.717, 1.165) is 17.9 Å². The number of likely N-dealkylation sites (tertiary alicyclic amines) is 1. The van der Waals surface area contributed by atoms with Crippen molar-refractivity contribution in [2.24, 2.45) is 5.92 Å². The molecule has 1 aromatic heterocycles. The number of H-pyrrole nitrogens is 1. The van der Waals surface area contributed by atoms with Gasteiger partial charge < -0.3 is 9.88 Å². The Morgan fingerprint density at radius 1 is 1.36 bits per heavy atom. The van der Waals surface area contributed by atoms with E-state index in [1.54, 1.807) is 16.5 Å². The summed E-state index contributed by atoms with van der Waals surface area (Å²) in [6.07, 6.45) is 8.49. The monoisotopic (exact) mass is 315 g/mol. The summed E-state index contributed by atoms with van der Waals surface area (Å²) >= 11 is 2.03. The molecule has 4 rings (SSSR count). The van der Waals surface area contributed by atoms with Gasteiger partial charge in [-0.1, -0.05) is 19.1 Å². The van der Waals surface area contributed by atoms with Gasteiger partial charge in [-0.2, -0.15) is 11.8 Å². The molecular formula is C19H27N2S+. The van der Waals surface area contributed by atoms with E-state index in [-0.39, 0.29) is 0 Å².